The highest BCUT2D eigenvalue weighted by Gasteiger charge is 2.24. The first-order valence-electron chi connectivity index (χ1n) is 5.77. The van der Waals surface area contributed by atoms with E-state index < -0.39 is 0 Å². The predicted molar refractivity (Wildman–Crippen MR) is 80.9 cm³/mol. The van der Waals surface area contributed by atoms with E-state index in [1.165, 1.54) is 16.4 Å². The molecule has 2 N–H and O–H groups in total. The van der Waals surface area contributed by atoms with Gasteiger partial charge in [0, 0.05) is 11.6 Å². The molecule has 3 aliphatic heterocycles. The zero-order valence-electron chi connectivity index (χ0n) is 10.1. The molecule has 0 aromatic heterocycles. The lowest BCUT2D eigenvalue weighted by molar-refractivity contribution is 0.552. The second kappa shape index (κ2) is 4.84. The summed E-state index contributed by atoms with van der Waals surface area (Å²) >= 11 is 1.50. The number of nitrogens with one attached hydrogen (secondary N) is 2. The topological polar surface area (TPSA) is 75.6 Å². The molecule has 1 aromatic carbocycles. The van der Waals surface area contributed by atoms with E-state index in [0.717, 1.165) is 10.9 Å². The summed E-state index contributed by atoms with van der Waals surface area (Å²) in [6.45, 7) is 0. The van der Waals surface area contributed by atoms with Gasteiger partial charge in [0.15, 0.2) is 11.2 Å². The molecule has 102 valence electrons. The molecule has 1 aromatic rings. The number of hydrogen-bond acceptors (Lipinski definition) is 5. The number of hydrogen-bond donors (Lipinski definition) is 2. The molecule has 4 rings (SSSR count). The molecule has 0 fully saturated rings. The van der Waals surface area contributed by atoms with Crippen LogP contribution >= 0.6 is 24.2 Å². The SMILES string of the molecule is Cl.O=c1c2n[nH]c3ccccc3c-2nn1C1NC=CS1. The van der Waals surface area contributed by atoms with Gasteiger partial charge in [-0.2, -0.15) is 14.9 Å². The van der Waals surface area contributed by atoms with Crippen LogP contribution in [0.5, 0.6) is 0 Å². The molecule has 3 aliphatic rings. The van der Waals surface area contributed by atoms with Gasteiger partial charge in [0.25, 0.3) is 5.56 Å². The van der Waals surface area contributed by atoms with Crippen LogP contribution in [0.2, 0.25) is 0 Å². The zero-order valence-corrected chi connectivity index (χ0v) is 11.7. The molecular formula is C12H10ClN5OS. The first-order chi connectivity index (χ1) is 9.34. The highest BCUT2D eigenvalue weighted by Crippen LogP contribution is 2.28. The Bertz CT molecular complexity index is 818. The summed E-state index contributed by atoms with van der Waals surface area (Å²) in [7, 11) is 0. The summed E-state index contributed by atoms with van der Waals surface area (Å²) < 4.78 is 1.43. The van der Waals surface area contributed by atoms with E-state index in [1.807, 2.05) is 29.7 Å². The number of aromatic nitrogens is 4. The van der Waals surface area contributed by atoms with Crippen molar-refractivity contribution in [3.8, 4) is 11.4 Å². The summed E-state index contributed by atoms with van der Waals surface area (Å²) in [5, 5.41) is 17.3. The molecule has 0 aliphatic carbocycles. The third-order valence-corrected chi connectivity index (χ3v) is 3.94. The van der Waals surface area contributed by atoms with Crippen LogP contribution in [0.15, 0.2) is 40.7 Å². The van der Waals surface area contributed by atoms with Crippen molar-refractivity contribution >= 4 is 35.1 Å². The monoisotopic (exact) mass is 307 g/mol. The van der Waals surface area contributed by atoms with Crippen molar-refractivity contribution in [1.82, 2.24) is 25.3 Å². The minimum absolute atomic E-state index is 0. The van der Waals surface area contributed by atoms with Crippen molar-refractivity contribution in [3.63, 3.8) is 0 Å². The molecule has 1 atom stereocenters. The molecule has 0 saturated carbocycles. The second-order valence-corrected chi connectivity index (χ2v) is 5.16. The van der Waals surface area contributed by atoms with Crippen LogP contribution in [0.4, 0.5) is 0 Å². The fourth-order valence-electron chi connectivity index (χ4n) is 2.16. The lowest BCUT2D eigenvalue weighted by Gasteiger charge is -2.07. The van der Waals surface area contributed by atoms with Crippen LogP contribution in [0.25, 0.3) is 22.3 Å². The van der Waals surface area contributed by atoms with Gasteiger partial charge in [-0.05, 0) is 11.5 Å². The Labute approximate surface area is 124 Å². The molecule has 0 saturated heterocycles. The lowest BCUT2D eigenvalue weighted by Crippen LogP contribution is -2.26. The second-order valence-electron chi connectivity index (χ2n) is 4.17. The van der Waals surface area contributed by atoms with Crippen LogP contribution in [0.1, 0.15) is 5.50 Å². The van der Waals surface area contributed by atoms with Crippen LogP contribution < -0.4 is 10.9 Å². The Balaban J connectivity index is 0.00000121. The minimum atomic E-state index is -0.194. The van der Waals surface area contributed by atoms with Crippen molar-refractivity contribution < 1.29 is 0 Å². The van der Waals surface area contributed by atoms with Gasteiger partial charge >= 0.3 is 0 Å². The average Bonchev–Trinajstić information content (AvgIpc) is 3.07. The Morgan fingerprint density at radius 1 is 1.25 bits per heavy atom. The maximum Gasteiger partial charge on any atom is 0.299 e. The van der Waals surface area contributed by atoms with Crippen molar-refractivity contribution in [2.24, 2.45) is 0 Å². The highest BCUT2D eigenvalue weighted by molar-refractivity contribution is 8.02. The summed E-state index contributed by atoms with van der Waals surface area (Å²) in [6, 6.07) is 7.68. The standard InChI is InChI=1S/C12H9N5OS.ClH/c18-11-10-9(16-17(11)12-13-5-6-19-12)7-3-1-2-4-8(7)14-15-10;/h1-6,12-14H;1H. The van der Waals surface area contributed by atoms with Crippen LogP contribution in [0.3, 0.4) is 0 Å². The Hall–Kier alpha value is -1.99. The van der Waals surface area contributed by atoms with Gasteiger partial charge in [-0.15, -0.1) is 12.4 Å². The fourth-order valence-corrected chi connectivity index (χ4v) is 2.88. The van der Waals surface area contributed by atoms with E-state index in [2.05, 4.69) is 20.6 Å². The maximum atomic E-state index is 12.3. The predicted octanol–water partition coefficient (Wildman–Crippen LogP) is 1.91. The highest BCUT2D eigenvalue weighted by atomic mass is 35.5. The van der Waals surface area contributed by atoms with Crippen molar-refractivity contribution in [3.05, 3.63) is 46.2 Å². The van der Waals surface area contributed by atoms with Crippen molar-refractivity contribution in [2.45, 2.75) is 5.50 Å². The molecule has 3 heterocycles. The molecule has 20 heavy (non-hydrogen) atoms. The van der Waals surface area contributed by atoms with Crippen LogP contribution in [-0.4, -0.2) is 20.0 Å². The van der Waals surface area contributed by atoms with Gasteiger partial charge in [0.1, 0.15) is 5.69 Å². The number of halogens is 1. The molecule has 6 nitrogen and oxygen atoms in total. The van der Waals surface area contributed by atoms with Crippen LogP contribution in [-0.2, 0) is 0 Å². The average molecular weight is 308 g/mol. The first kappa shape index (κ1) is 13.0. The third kappa shape index (κ3) is 1.78. The van der Waals surface area contributed by atoms with Gasteiger partial charge in [0.05, 0.1) is 5.52 Å². The molecule has 0 amide bonds. The Kier molecular flexibility index (Phi) is 3.15. The van der Waals surface area contributed by atoms with Crippen molar-refractivity contribution in [1.29, 1.82) is 0 Å². The van der Waals surface area contributed by atoms with E-state index in [0.29, 0.717) is 11.4 Å². The molecule has 8 heteroatoms. The van der Waals surface area contributed by atoms with E-state index in [-0.39, 0.29) is 23.5 Å². The summed E-state index contributed by atoms with van der Waals surface area (Å²) in [6.07, 6.45) is 1.80. The quantitative estimate of drug-likeness (QED) is 0.718. The van der Waals surface area contributed by atoms with E-state index in [1.54, 1.807) is 6.20 Å². The number of aromatic amines is 1. The van der Waals surface area contributed by atoms with Crippen LogP contribution in [0, 0.1) is 0 Å². The number of fused-ring (bicyclic) bond motifs is 3. The fraction of sp³-hybridized carbons (Fsp3) is 0.0833. The number of thioether (sulfide) groups is 1. The number of nitrogens with zero attached hydrogens (tertiary/aromatic N) is 3. The van der Waals surface area contributed by atoms with Gasteiger partial charge < -0.3 is 5.32 Å². The normalized spacial score (nSPS) is 17.3. The number of benzene rings is 1. The van der Waals surface area contributed by atoms with Gasteiger partial charge in [-0.1, -0.05) is 30.0 Å². The smallest absolute Gasteiger partial charge is 0.299 e. The third-order valence-electron chi connectivity index (χ3n) is 3.05. The number of H-pyrrole nitrogens is 1. The van der Waals surface area contributed by atoms with Gasteiger partial charge in [0.2, 0.25) is 0 Å². The molecule has 0 radical (unpaired) electrons. The van der Waals surface area contributed by atoms with E-state index in [9.17, 15) is 4.79 Å². The molecular weight excluding hydrogens is 298 g/mol. The van der Waals surface area contributed by atoms with Crippen molar-refractivity contribution in [2.75, 3.05) is 0 Å². The largest absolute Gasteiger partial charge is 0.361 e. The number of rotatable bonds is 1. The Morgan fingerprint density at radius 2 is 2.10 bits per heavy atom. The molecule has 1 unspecified atom stereocenters. The maximum absolute atomic E-state index is 12.3. The van der Waals surface area contributed by atoms with E-state index >= 15 is 0 Å². The molecule has 0 spiro atoms. The zero-order chi connectivity index (χ0) is 12.8. The Morgan fingerprint density at radius 3 is 2.90 bits per heavy atom. The summed E-state index contributed by atoms with van der Waals surface area (Å²) in [5.41, 5.74) is 1.48. The summed E-state index contributed by atoms with van der Waals surface area (Å²) in [5.74, 6) is 0. The molecule has 0 bridgehead atoms. The first-order valence-corrected chi connectivity index (χ1v) is 6.71. The number of para-hydroxylation sites is 1. The minimum Gasteiger partial charge on any atom is -0.361 e. The summed E-state index contributed by atoms with van der Waals surface area (Å²) in [4.78, 5) is 12.3. The van der Waals surface area contributed by atoms with E-state index in [4.69, 9.17) is 0 Å². The van der Waals surface area contributed by atoms with Gasteiger partial charge in [-0.3, -0.25) is 9.89 Å². The lowest BCUT2D eigenvalue weighted by atomic mass is 10.1. The van der Waals surface area contributed by atoms with Gasteiger partial charge in [-0.25, -0.2) is 0 Å².